The van der Waals surface area contributed by atoms with Crippen molar-refractivity contribution in [3.63, 3.8) is 0 Å². The maximum absolute atomic E-state index is 14.0. The highest BCUT2D eigenvalue weighted by molar-refractivity contribution is 6.35. The number of rotatable bonds is 3. The minimum atomic E-state index is -0.549. The Labute approximate surface area is 192 Å². The molecule has 0 amide bonds. The lowest BCUT2D eigenvalue weighted by atomic mass is 10.2. The highest BCUT2D eigenvalue weighted by atomic mass is 35.5. The molecule has 0 aliphatic rings. The molecule has 0 radical (unpaired) electrons. The van der Waals surface area contributed by atoms with E-state index in [2.05, 4.69) is 19.9 Å². The van der Waals surface area contributed by atoms with Crippen molar-refractivity contribution in [1.29, 1.82) is 5.26 Å². The van der Waals surface area contributed by atoms with Gasteiger partial charge in [-0.05, 0) is 30.7 Å². The van der Waals surface area contributed by atoms with Gasteiger partial charge < -0.3 is 17.2 Å². The Hall–Kier alpha value is -4.30. The molecule has 3 aromatic heterocycles. The third kappa shape index (κ3) is 4.81. The highest BCUT2D eigenvalue weighted by Gasteiger charge is 2.17. The smallest absolute Gasteiger partial charge is 0.267 e. The van der Waals surface area contributed by atoms with E-state index >= 15 is 0 Å². The quantitative estimate of drug-likeness (QED) is 0.408. The summed E-state index contributed by atoms with van der Waals surface area (Å²) >= 11 is 6.09. The van der Waals surface area contributed by atoms with Crippen molar-refractivity contribution in [3.05, 3.63) is 69.2 Å². The predicted octanol–water partition coefficient (Wildman–Crippen LogP) is 2.62. The van der Waals surface area contributed by atoms with Gasteiger partial charge in [0.2, 0.25) is 5.95 Å². The number of nitriles is 1. The Morgan fingerprint density at radius 1 is 1.15 bits per heavy atom. The molecule has 12 heteroatoms. The molecule has 6 N–H and O–H groups in total. The molecule has 0 spiro atoms. The van der Waals surface area contributed by atoms with Gasteiger partial charge in [-0.25, -0.2) is 9.37 Å². The molecule has 1 aromatic carbocycles. The fraction of sp³-hybridized carbons (Fsp3) is 0.143. The van der Waals surface area contributed by atoms with Crippen LogP contribution in [0.2, 0.25) is 5.02 Å². The molecule has 3 heterocycles. The topological polar surface area (TPSA) is 175 Å². The van der Waals surface area contributed by atoms with Gasteiger partial charge in [0.05, 0.1) is 22.3 Å². The SMILES string of the molecule is CCCc1nc2c(F)ccc(Cl)c2c(=O)n1-c1cccnc1.N#Cc1c(N)nc(N)nc1N. The van der Waals surface area contributed by atoms with Gasteiger partial charge in [0.15, 0.2) is 0 Å². The molecule has 0 saturated heterocycles. The molecule has 0 aliphatic heterocycles. The second kappa shape index (κ2) is 9.88. The van der Waals surface area contributed by atoms with Crippen LogP contribution in [-0.4, -0.2) is 24.5 Å². The van der Waals surface area contributed by atoms with E-state index in [1.165, 1.54) is 16.7 Å². The van der Waals surface area contributed by atoms with Crippen molar-refractivity contribution in [1.82, 2.24) is 24.5 Å². The van der Waals surface area contributed by atoms with E-state index < -0.39 is 5.82 Å². The van der Waals surface area contributed by atoms with Crippen LogP contribution >= 0.6 is 11.6 Å². The van der Waals surface area contributed by atoms with Crippen molar-refractivity contribution in [2.24, 2.45) is 0 Å². The van der Waals surface area contributed by atoms with Gasteiger partial charge in [-0.1, -0.05) is 18.5 Å². The van der Waals surface area contributed by atoms with E-state index in [1.807, 2.05) is 6.92 Å². The molecule has 4 aromatic rings. The van der Waals surface area contributed by atoms with Gasteiger partial charge in [0, 0.05) is 12.6 Å². The van der Waals surface area contributed by atoms with E-state index in [-0.39, 0.29) is 44.6 Å². The summed E-state index contributed by atoms with van der Waals surface area (Å²) in [7, 11) is 0. The molecule has 0 saturated carbocycles. The molecule has 0 aliphatic carbocycles. The third-order valence-corrected chi connectivity index (χ3v) is 4.78. The van der Waals surface area contributed by atoms with E-state index in [0.717, 1.165) is 6.42 Å². The van der Waals surface area contributed by atoms with Crippen LogP contribution in [0.1, 0.15) is 24.7 Å². The third-order valence-electron chi connectivity index (χ3n) is 4.47. The summed E-state index contributed by atoms with van der Waals surface area (Å²) in [4.78, 5) is 28.3. The van der Waals surface area contributed by atoms with Crippen LogP contribution in [0.4, 0.5) is 22.0 Å². The number of halogens is 2. The average molecular weight is 468 g/mol. The Morgan fingerprint density at radius 3 is 2.42 bits per heavy atom. The summed E-state index contributed by atoms with van der Waals surface area (Å²) < 4.78 is 15.5. The Bertz CT molecular complexity index is 1390. The van der Waals surface area contributed by atoms with Crippen LogP contribution in [0, 0.1) is 17.1 Å². The summed E-state index contributed by atoms with van der Waals surface area (Å²) in [5.74, 6) is -0.0599. The van der Waals surface area contributed by atoms with Gasteiger partial charge in [-0.15, -0.1) is 0 Å². The van der Waals surface area contributed by atoms with Gasteiger partial charge in [-0.2, -0.15) is 15.2 Å². The van der Waals surface area contributed by atoms with E-state index in [4.69, 9.17) is 34.1 Å². The monoisotopic (exact) mass is 467 g/mol. The predicted molar refractivity (Wildman–Crippen MR) is 124 cm³/mol. The lowest BCUT2D eigenvalue weighted by Crippen LogP contribution is -2.24. The molecular formula is C21H19ClFN9O. The molecule has 4 rings (SSSR count). The first-order chi connectivity index (χ1) is 15.8. The number of fused-ring (bicyclic) bond motifs is 1. The fourth-order valence-corrected chi connectivity index (χ4v) is 3.27. The number of aromatic nitrogens is 5. The van der Waals surface area contributed by atoms with Crippen molar-refractivity contribution in [2.45, 2.75) is 19.8 Å². The van der Waals surface area contributed by atoms with Crippen LogP contribution in [-0.2, 0) is 6.42 Å². The maximum Gasteiger partial charge on any atom is 0.267 e. The van der Waals surface area contributed by atoms with Crippen molar-refractivity contribution < 1.29 is 4.39 Å². The summed E-state index contributed by atoms with van der Waals surface area (Å²) in [5, 5.41) is 8.74. The Morgan fingerprint density at radius 2 is 1.85 bits per heavy atom. The fourth-order valence-electron chi connectivity index (χ4n) is 3.03. The highest BCUT2D eigenvalue weighted by Crippen LogP contribution is 2.23. The zero-order valence-electron chi connectivity index (χ0n) is 17.5. The Kier molecular flexibility index (Phi) is 7.00. The van der Waals surface area contributed by atoms with Gasteiger partial charge in [0.25, 0.3) is 5.56 Å². The van der Waals surface area contributed by atoms with E-state index in [9.17, 15) is 9.18 Å². The van der Waals surface area contributed by atoms with Crippen molar-refractivity contribution in [2.75, 3.05) is 17.2 Å². The molecule has 0 unspecified atom stereocenters. The van der Waals surface area contributed by atoms with Crippen LogP contribution in [0.3, 0.4) is 0 Å². The van der Waals surface area contributed by atoms with E-state index in [0.29, 0.717) is 17.9 Å². The number of anilines is 3. The standard InChI is InChI=1S/C16H13ClFN3O.C5H6N6/c1-2-4-13-20-15-12(18)7-6-11(17)14(15)16(22)21(13)10-5-3-8-19-9-10;6-1-2-3(7)10-5(9)11-4(2)8/h3,5-9H,2,4H2,1H3;(H6,7,8,9,10,11). The van der Waals surface area contributed by atoms with Gasteiger partial charge >= 0.3 is 0 Å². The first kappa shape index (κ1) is 23.4. The van der Waals surface area contributed by atoms with Crippen molar-refractivity contribution in [3.8, 4) is 11.8 Å². The molecule has 168 valence electrons. The minimum Gasteiger partial charge on any atom is -0.382 e. The minimum absolute atomic E-state index is 0.0116. The number of pyridine rings is 1. The van der Waals surface area contributed by atoms with Crippen LogP contribution in [0.5, 0.6) is 0 Å². The average Bonchev–Trinajstić information content (AvgIpc) is 2.77. The zero-order valence-corrected chi connectivity index (χ0v) is 18.2. The first-order valence-corrected chi connectivity index (χ1v) is 10.0. The number of benzene rings is 1. The van der Waals surface area contributed by atoms with Crippen LogP contribution < -0.4 is 22.8 Å². The number of hydrogen-bond acceptors (Lipinski definition) is 9. The molecule has 0 fully saturated rings. The largest absolute Gasteiger partial charge is 0.382 e. The van der Waals surface area contributed by atoms with Gasteiger partial charge in [0.1, 0.15) is 40.4 Å². The first-order valence-electron chi connectivity index (χ1n) is 9.67. The van der Waals surface area contributed by atoms with Crippen molar-refractivity contribution >= 4 is 40.1 Å². The Balaban J connectivity index is 0.000000235. The lowest BCUT2D eigenvalue weighted by molar-refractivity contribution is 0.633. The summed E-state index contributed by atoms with van der Waals surface area (Å²) in [6.45, 7) is 1.97. The lowest BCUT2D eigenvalue weighted by Gasteiger charge is -2.13. The summed E-state index contributed by atoms with van der Waals surface area (Å²) in [6, 6.07) is 7.84. The normalized spacial score (nSPS) is 10.4. The number of nitrogens with two attached hydrogens (primary N) is 3. The number of hydrogen-bond donors (Lipinski definition) is 3. The molecule has 0 atom stereocenters. The molecule has 10 nitrogen and oxygen atoms in total. The van der Waals surface area contributed by atoms with Crippen LogP contribution in [0.15, 0.2) is 41.5 Å². The molecule has 33 heavy (non-hydrogen) atoms. The van der Waals surface area contributed by atoms with Gasteiger partial charge in [-0.3, -0.25) is 14.3 Å². The number of nitrogen functional groups attached to an aromatic ring is 3. The second-order valence-corrected chi connectivity index (χ2v) is 7.13. The van der Waals surface area contributed by atoms with Crippen LogP contribution in [0.25, 0.3) is 16.6 Å². The summed E-state index contributed by atoms with van der Waals surface area (Å²) in [5.41, 5.74) is 16.1. The van der Waals surface area contributed by atoms with E-state index in [1.54, 1.807) is 30.6 Å². The number of aryl methyl sites for hydroxylation is 1. The second-order valence-electron chi connectivity index (χ2n) is 6.72. The molecule has 0 bridgehead atoms. The number of nitrogens with zero attached hydrogens (tertiary/aromatic N) is 6. The zero-order chi connectivity index (χ0) is 24.1. The maximum atomic E-state index is 14.0. The molecular weight excluding hydrogens is 449 g/mol. The summed E-state index contributed by atoms with van der Waals surface area (Å²) in [6.07, 6.45) is 4.52.